The van der Waals surface area contributed by atoms with E-state index in [1.807, 2.05) is 0 Å². The molecule has 140 valence electrons. The van der Waals surface area contributed by atoms with E-state index < -0.39 is 40.8 Å². The zero-order valence-corrected chi connectivity index (χ0v) is 13.7. The highest BCUT2D eigenvalue weighted by molar-refractivity contribution is 7.98. The minimum absolute atomic E-state index is 0.101. The number of thioether (sulfide) groups is 1. The Kier molecular flexibility index (Phi) is 5.40. The lowest BCUT2D eigenvalue weighted by Gasteiger charge is -2.17. The van der Waals surface area contributed by atoms with E-state index >= 15 is 0 Å². The van der Waals surface area contributed by atoms with Crippen LogP contribution in [0.4, 0.5) is 37.8 Å². The molecule has 0 saturated carbocycles. The summed E-state index contributed by atoms with van der Waals surface area (Å²) in [4.78, 5) is 14.2. The maximum absolute atomic E-state index is 13.0. The van der Waals surface area contributed by atoms with Crippen molar-refractivity contribution in [2.24, 2.45) is 0 Å². The number of halogens is 6. The summed E-state index contributed by atoms with van der Waals surface area (Å²) in [6.45, 7) is 0. The largest absolute Gasteiger partial charge is 0.478 e. The molecule has 2 aromatic rings. The summed E-state index contributed by atoms with van der Waals surface area (Å²) in [6.07, 6.45) is -7.73. The van der Waals surface area contributed by atoms with E-state index in [0.29, 0.717) is 12.3 Å². The second-order valence-electron chi connectivity index (χ2n) is 4.93. The summed E-state index contributed by atoms with van der Waals surface area (Å²) >= 11 is 0.759. The van der Waals surface area contributed by atoms with E-state index in [9.17, 15) is 31.1 Å². The Morgan fingerprint density at radius 2 is 1.73 bits per heavy atom. The number of nitrogens with zero attached hydrogens (tertiary/aromatic N) is 1. The molecule has 0 aliphatic heterocycles. The predicted octanol–water partition coefficient (Wildman–Crippen LogP) is 5.28. The third kappa shape index (κ3) is 4.21. The zero-order chi connectivity index (χ0) is 19.7. The van der Waals surface area contributed by atoms with Crippen LogP contribution < -0.4 is 5.32 Å². The molecule has 0 fully saturated rings. The van der Waals surface area contributed by atoms with E-state index in [2.05, 4.69) is 10.3 Å². The minimum atomic E-state index is -4.97. The molecule has 1 aromatic heterocycles. The second kappa shape index (κ2) is 7.06. The molecular weight excluding hydrogens is 386 g/mol. The molecule has 0 radical (unpaired) electrons. The van der Waals surface area contributed by atoms with Crippen molar-refractivity contribution in [2.75, 3.05) is 11.6 Å². The van der Waals surface area contributed by atoms with Crippen molar-refractivity contribution in [3.8, 4) is 0 Å². The van der Waals surface area contributed by atoms with Gasteiger partial charge in [0, 0.05) is 11.1 Å². The van der Waals surface area contributed by atoms with E-state index in [1.54, 1.807) is 0 Å². The van der Waals surface area contributed by atoms with Crippen molar-refractivity contribution in [3.63, 3.8) is 0 Å². The summed E-state index contributed by atoms with van der Waals surface area (Å²) in [7, 11) is 0. The summed E-state index contributed by atoms with van der Waals surface area (Å²) in [6, 6.07) is 3.63. The molecule has 1 heterocycles. The van der Waals surface area contributed by atoms with Crippen LogP contribution in [0.15, 0.2) is 35.4 Å². The fourth-order valence-electron chi connectivity index (χ4n) is 2.15. The average Bonchev–Trinajstić information content (AvgIpc) is 2.52. The number of benzene rings is 1. The molecule has 0 atom stereocenters. The van der Waals surface area contributed by atoms with Gasteiger partial charge in [-0.3, -0.25) is 0 Å². The fourth-order valence-corrected chi connectivity index (χ4v) is 2.89. The number of hydrogen-bond acceptors (Lipinski definition) is 4. The Morgan fingerprint density at radius 3 is 2.23 bits per heavy atom. The Morgan fingerprint density at radius 1 is 1.12 bits per heavy atom. The predicted molar refractivity (Wildman–Crippen MR) is 82.7 cm³/mol. The lowest BCUT2D eigenvalue weighted by Crippen LogP contribution is -2.14. The molecule has 0 spiro atoms. The van der Waals surface area contributed by atoms with Gasteiger partial charge in [-0.1, -0.05) is 6.07 Å². The Balaban J connectivity index is 2.52. The van der Waals surface area contributed by atoms with Crippen molar-refractivity contribution in [2.45, 2.75) is 17.2 Å². The molecule has 2 rings (SSSR count). The van der Waals surface area contributed by atoms with Crippen molar-refractivity contribution >= 4 is 29.2 Å². The number of anilines is 2. The summed E-state index contributed by atoms with van der Waals surface area (Å²) in [5.74, 6) is -2.25. The van der Waals surface area contributed by atoms with Crippen molar-refractivity contribution in [1.82, 2.24) is 4.98 Å². The van der Waals surface area contributed by atoms with Gasteiger partial charge in [-0.15, -0.1) is 11.8 Å². The number of hydrogen-bond donors (Lipinski definition) is 2. The average molecular weight is 396 g/mol. The molecule has 0 saturated heterocycles. The fraction of sp³-hybridized carbons (Fsp3) is 0.200. The maximum Gasteiger partial charge on any atom is 0.417 e. The first-order valence-electron chi connectivity index (χ1n) is 6.77. The number of pyridine rings is 1. The van der Waals surface area contributed by atoms with E-state index in [-0.39, 0.29) is 10.6 Å². The number of alkyl halides is 6. The van der Waals surface area contributed by atoms with Crippen LogP contribution in [-0.4, -0.2) is 22.3 Å². The number of aromatic nitrogens is 1. The smallest absolute Gasteiger partial charge is 0.417 e. The third-order valence-electron chi connectivity index (χ3n) is 3.23. The van der Waals surface area contributed by atoms with Crippen LogP contribution in [0.25, 0.3) is 0 Å². The minimum Gasteiger partial charge on any atom is -0.478 e. The first-order chi connectivity index (χ1) is 11.9. The van der Waals surface area contributed by atoms with Gasteiger partial charge in [0.2, 0.25) is 0 Å². The molecule has 2 N–H and O–H groups in total. The highest BCUT2D eigenvalue weighted by atomic mass is 32.2. The van der Waals surface area contributed by atoms with Gasteiger partial charge in [0.15, 0.2) is 0 Å². The van der Waals surface area contributed by atoms with E-state index in [0.717, 1.165) is 23.9 Å². The quantitative estimate of drug-likeness (QED) is 0.544. The Bertz CT molecular complexity index is 836. The van der Waals surface area contributed by atoms with Gasteiger partial charge in [-0.05, 0) is 24.5 Å². The Hall–Kier alpha value is -2.43. The summed E-state index contributed by atoms with van der Waals surface area (Å²) in [5.41, 5.74) is -3.57. The SMILES string of the molecule is CSc1c(Nc2cc(C(F)(F)F)c(C(=O)O)cn2)cccc1C(F)(F)F. The molecule has 26 heavy (non-hydrogen) atoms. The lowest BCUT2D eigenvalue weighted by atomic mass is 10.1. The molecule has 0 aliphatic rings. The molecule has 0 unspecified atom stereocenters. The number of carboxylic acid groups (broad SMARTS) is 1. The van der Waals surface area contributed by atoms with Gasteiger partial charge < -0.3 is 10.4 Å². The maximum atomic E-state index is 13.0. The number of rotatable bonds is 4. The Labute approximate surface area is 147 Å². The molecule has 0 bridgehead atoms. The zero-order valence-electron chi connectivity index (χ0n) is 12.9. The molecular formula is C15H10F6N2O2S. The first-order valence-corrected chi connectivity index (χ1v) is 7.99. The van der Waals surface area contributed by atoms with Crippen LogP contribution >= 0.6 is 11.8 Å². The van der Waals surface area contributed by atoms with Crippen LogP contribution in [0.3, 0.4) is 0 Å². The normalized spacial score (nSPS) is 12.1. The van der Waals surface area contributed by atoms with Crippen LogP contribution in [0.1, 0.15) is 21.5 Å². The monoisotopic (exact) mass is 396 g/mol. The number of carboxylic acids is 1. The van der Waals surface area contributed by atoms with Crippen LogP contribution in [0.2, 0.25) is 0 Å². The van der Waals surface area contributed by atoms with Crippen LogP contribution in [-0.2, 0) is 12.4 Å². The van der Waals surface area contributed by atoms with Gasteiger partial charge in [0.05, 0.1) is 22.4 Å². The van der Waals surface area contributed by atoms with Gasteiger partial charge in [0.1, 0.15) is 5.82 Å². The summed E-state index contributed by atoms with van der Waals surface area (Å²) in [5, 5.41) is 11.2. The van der Waals surface area contributed by atoms with Crippen molar-refractivity contribution in [1.29, 1.82) is 0 Å². The summed E-state index contributed by atoms with van der Waals surface area (Å²) < 4.78 is 78.2. The third-order valence-corrected chi connectivity index (χ3v) is 4.08. The van der Waals surface area contributed by atoms with Crippen molar-refractivity contribution in [3.05, 3.63) is 47.2 Å². The lowest BCUT2D eigenvalue weighted by molar-refractivity contribution is -0.140. The number of aromatic carboxylic acids is 1. The molecule has 0 amide bonds. The highest BCUT2D eigenvalue weighted by Crippen LogP contribution is 2.41. The molecule has 4 nitrogen and oxygen atoms in total. The highest BCUT2D eigenvalue weighted by Gasteiger charge is 2.37. The van der Waals surface area contributed by atoms with Crippen LogP contribution in [0.5, 0.6) is 0 Å². The standard InChI is InChI=1S/C15H10F6N2O2S/c1-26-12-8(14(16,17)18)3-2-4-10(12)23-11-5-9(15(19,20)21)7(6-22-11)13(24)25/h2-6H,1H3,(H,22,23)(H,24,25). The topological polar surface area (TPSA) is 62.2 Å². The first kappa shape index (κ1) is 19.9. The number of carbonyl (C=O) groups is 1. The van der Waals surface area contributed by atoms with Gasteiger partial charge >= 0.3 is 18.3 Å². The van der Waals surface area contributed by atoms with E-state index in [4.69, 9.17) is 5.11 Å². The van der Waals surface area contributed by atoms with Crippen LogP contribution in [0, 0.1) is 0 Å². The van der Waals surface area contributed by atoms with Gasteiger partial charge in [0.25, 0.3) is 0 Å². The molecule has 11 heteroatoms. The van der Waals surface area contributed by atoms with Gasteiger partial charge in [-0.25, -0.2) is 9.78 Å². The molecule has 1 aromatic carbocycles. The van der Waals surface area contributed by atoms with Crippen molar-refractivity contribution < 1.29 is 36.2 Å². The van der Waals surface area contributed by atoms with Gasteiger partial charge in [-0.2, -0.15) is 26.3 Å². The van der Waals surface area contributed by atoms with E-state index in [1.165, 1.54) is 12.3 Å². The second-order valence-corrected chi connectivity index (χ2v) is 5.74. The molecule has 0 aliphatic carbocycles. The number of nitrogens with one attached hydrogen (secondary N) is 1.